The Morgan fingerprint density at radius 3 is 2.33 bits per heavy atom. The molecule has 1 fully saturated rings. The lowest BCUT2D eigenvalue weighted by Gasteiger charge is -2.15. The molecule has 0 bridgehead atoms. The van der Waals surface area contributed by atoms with Crippen molar-refractivity contribution in [2.75, 3.05) is 33.7 Å². The second kappa shape index (κ2) is 3.15. The van der Waals surface area contributed by atoms with Crippen molar-refractivity contribution in [2.45, 2.75) is 6.17 Å². The lowest BCUT2D eigenvalue weighted by Crippen LogP contribution is -2.40. The highest BCUT2D eigenvalue weighted by Gasteiger charge is 2.12. The summed E-state index contributed by atoms with van der Waals surface area (Å²) in [7, 11) is 4.17. The Morgan fingerprint density at radius 1 is 1.33 bits per heavy atom. The van der Waals surface area contributed by atoms with Gasteiger partial charge in [0.2, 0.25) is 0 Å². The molecule has 0 amide bonds. The van der Waals surface area contributed by atoms with Gasteiger partial charge in [-0.15, -0.1) is 0 Å². The molecule has 3 nitrogen and oxygen atoms in total. The zero-order valence-corrected chi connectivity index (χ0v) is 6.15. The predicted molar refractivity (Wildman–Crippen MR) is 38.3 cm³/mol. The lowest BCUT2D eigenvalue weighted by atomic mass is 10.5. The van der Waals surface area contributed by atoms with Crippen LogP contribution in [0.25, 0.3) is 0 Å². The van der Waals surface area contributed by atoms with Gasteiger partial charge < -0.3 is 4.90 Å². The largest absolute Gasteiger partial charge is 0.307 e. The summed E-state index contributed by atoms with van der Waals surface area (Å²) >= 11 is 0. The van der Waals surface area contributed by atoms with Crippen LogP contribution in [0.2, 0.25) is 0 Å². The maximum absolute atomic E-state index is 3.34. The minimum Gasteiger partial charge on any atom is -0.307 e. The van der Waals surface area contributed by atoms with Gasteiger partial charge in [-0.2, -0.15) is 0 Å². The molecule has 0 radical (unpaired) electrons. The van der Waals surface area contributed by atoms with E-state index in [1.54, 1.807) is 0 Å². The van der Waals surface area contributed by atoms with Crippen LogP contribution < -0.4 is 10.6 Å². The summed E-state index contributed by atoms with van der Waals surface area (Å²) in [5.41, 5.74) is 0. The summed E-state index contributed by atoms with van der Waals surface area (Å²) in [6, 6.07) is 0. The molecule has 0 spiro atoms. The van der Waals surface area contributed by atoms with Gasteiger partial charge in [0.05, 0.1) is 6.17 Å². The van der Waals surface area contributed by atoms with Crippen molar-refractivity contribution >= 4 is 0 Å². The molecule has 0 unspecified atom stereocenters. The molecule has 0 atom stereocenters. The van der Waals surface area contributed by atoms with E-state index in [2.05, 4.69) is 29.6 Å². The van der Waals surface area contributed by atoms with Gasteiger partial charge in [0.1, 0.15) is 0 Å². The molecule has 0 aromatic heterocycles. The van der Waals surface area contributed by atoms with E-state index in [0.29, 0.717) is 6.17 Å². The number of likely N-dealkylation sites (N-methyl/N-ethyl adjacent to an activating group) is 1. The summed E-state index contributed by atoms with van der Waals surface area (Å²) in [6.07, 6.45) is 0.514. The first-order valence-corrected chi connectivity index (χ1v) is 3.40. The number of hydrogen-bond donors (Lipinski definition) is 2. The Kier molecular flexibility index (Phi) is 2.45. The smallest absolute Gasteiger partial charge is 0.0703 e. The summed E-state index contributed by atoms with van der Waals surface area (Å²) in [5.74, 6) is 0. The third kappa shape index (κ3) is 2.30. The van der Waals surface area contributed by atoms with E-state index in [9.17, 15) is 0 Å². The van der Waals surface area contributed by atoms with Gasteiger partial charge >= 0.3 is 0 Å². The number of nitrogens with zero attached hydrogens (tertiary/aromatic N) is 1. The Balaban J connectivity index is 2.11. The zero-order valence-electron chi connectivity index (χ0n) is 6.15. The van der Waals surface area contributed by atoms with Crippen LogP contribution in [0.4, 0.5) is 0 Å². The van der Waals surface area contributed by atoms with Crippen LogP contribution in [-0.2, 0) is 0 Å². The van der Waals surface area contributed by atoms with Gasteiger partial charge in [0.15, 0.2) is 0 Å². The topological polar surface area (TPSA) is 27.3 Å². The van der Waals surface area contributed by atoms with Crippen molar-refractivity contribution in [1.82, 2.24) is 15.5 Å². The Hall–Kier alpha value is -0.120. The van der Waals surface area contributed by atoms with Gasteiger partial charge in [-0.25, -0.2) is 0 Å². The van der Waals surface area contributed by atoms with Crippen molar-refractivity contribution < 1.29 is 0 Å². The Morgan fingerprint density at radius 2 is 1.89 bits per heavy atom. The molecule has 1 aliphatic heterocycles. The van der Waals surface area contributed by atoms with Gasteiger partial charge in [-0.1, -0.05) is 0 Å². The first-order valence-electron chi connectivity index (χ1n) is 3.40. The van der Waals surface area contributed by atoms with Gasteiger partial charge in [-0.3, -0.25) is 10.6 Å². The summed E-state index contributed by atoms with van der Waals surface area (Å²) in [4.78, 5) is 2.18. The minimum absolute atomic E-state index is 0.514. The second-order valence-corrected chi connectivity index (χ2v) is 2.72. The lowest BCUT2D eigenvalue weighted by molar-refractivity contribution is 0.342. The molecular formula is C6H15N3. The summed E-state index contributed by atoms with van der Waals surface area (Å²) in [5, 5.41) is 6.67. The van der Waals surface area contributed by atoms with Crippen LogP contribution in [0.1, 0.15) is 0 Å². The average molecular weight is 129 g/mol. The predicted octanol–water partition coefficient (Wildman–Crippen LogP) is -0.933. The molecular weight excluding hydrogens is 114 g/mol. The highest BCUT2D eigenvalue weighted by molar-refractivity contribution is 4.73. The molecule has 0 aliphatic carbocycles. The first-order chi connectivity index (χ1) is 4.29. The average Bonchev–Trinajstić information content (AvgIpc) is 2.15. The monoisotopic (exact) mass is 129 g/mol. The van der Waals surface area contributed by atoms with E-state index in [0.717, 1.165) is 19.6 Å². The highest BCUT2D eigenvalue weighted by Crippen LogP contribution is 1.86. The fraction of sp³-hybridized carbons (Fsp3) is 1.00. The van der Waals surface area contributed by atoms with E-state index in [4.69, 9.17) is 0 Å². The molecule has 2 N–H and O–H groups in total. The van der Waals surface area contributed by atoms with Crippen molar-refractivity contribution in [2.24, 2.45) is 0 Å². The molecule has 1 aliphatic rings. The van der Waals surface area contributed by atoms with E-state index in [-0.39, 0.29) is 0 Å². The Labute approximate surface area is 56.4 Å². The zero-order chi connectivity index (χ0) is 6.69. The maximum atomic E-state index is 3.34. The maximum Gasteiger partial charge on any atom is 0.0703 e. The fourth-order valence-electron chi connectivity index (χ4n) is 1.06. The fourth-order valence-corrected chi connectivity index (χ4v) is 1.06. The van der Waals surface area contributed by atoms with Crippen molar-refractivity contribution in [1.29, 1.82) is 0 Å². The molecule has 1 heterocycles. The number of hydrogen-bond acceptors (Lipinski definition) is 3. The number of nitrogens with one attached hydrogen (secondary N) is 2. The SMILES string of the molecule is CN(C)CC1NCCN1. The van der Waals surface area contributed by atoms with E-state index >= 15 is 0 Å². The van der Waals surface area contributed by atoms with E-state index in [1.807, 2.05) is 0 Å². The second-order valence-electron chi connectivity index (χ2n) is 2.72. The standard InChI is InChI=1S/C6H15N3/c1-9(2)5-6-7-3-4-8-6/h6-8H,3-5H2,1-2H3. The normalized spacial score (nSPS) is 21.7. The van der Waals surface area contributed by atoms with Gasteiger partial charge in [0, 0.05) is 19.6 Å². The molecule has 1 rings (SSSR count). The number of rotatable bonds is 2. The minimum atomic E-state index is 0.514. The third-order valence-electron chi connectivity index (χ3n) is 1.45. The van der Waals surface area contributed by atoms with E-state index < -0.39 is 0 Å². The van der Waals surface area contributed by atoms with Gasteiger partial charge in [0.25, 0.3) is 0 Å². The molecule has 0 aromatic carbocycles. The quantitative estimate of drug-likeness (QED) is 0.504. The molecule has 9 heavy (non-hydrogen) atoms. The van der Waals surface area contributed by atoms with Crippen LogP contribution in [0.5, 0.6) is 0 Å². The molecule has 1 saturated heterocycles. The molecule has 0 saturated carbocycles. The van der Waals surface area contributed by atoms with Crippen LogP contribution in [0.15, 0.2) is 0 Å². The van der Waals surface area contributed by atoms with Crippen LogP contribution >= 0.6 is 0 Å². The van der Waals surface area contributed by atoms with E-state index in [1.165, 1.54) is 0 Å². The van der Waals surface area contributed by atoms with Crippen LogP contribution in [0.3, 0.4) is 0 Å². The third-order valence-corrected chi connectivity index (χ3v) is 1.45. The van der Waals surface area contributed by atoms with Crippen LogP contribution in [0, 0.1) is 0 Å². The van der Waals surface area contributed by atoms with Crippen molar-refractivity contribution in [3.8, 4) is 0 Å². The molecule has 54 valence electrons. The summed E-state index contributed by atoms with van der Waals surface area (Å²) in [6.45, 7) is 3.30. The van der Waals surface area contributed by atoms with Crippen molar-refractivity contribution in [3.63, 3.8) is 0 Å². The first kappa shape index (κ1) is 6.99. The van der Waals surface area contributed by atoms with Crippen molar-refractivity contribution in [3.05, 3.63) is 0 Å². The molecule has 3 heteroatoms. The summed E-state index contributed by atoms with van der Waals surface area (Å²) < 4.78 is 0. The highest BCUT2D eigenvalue weighted by atomic mass is 15.2. The Bertz CT molecular complexity index is 76.4. The van der Waals surface area contributed by atoms with Gasteiger partial charge in [-0.05, 0) is 14.1 Å². The van der Waals surface area contributed by atoms with Crippen LogP contribution in [-0.4, -0.2) is 44.8 Å². The molecule has 0 aromatic rings.